The lowest BCUT2D eigenvalue weighted by Gasteiger charge is -2.06. The minimum atomic E-state index is -0.168. The maximum Gasteiger partial charge on any atom is 0.265 e. The Hall–Kier alpha value is -3.09. The number of thiophene rings is 1. The molecule has 30 heavy (non-hydrogen) atoms. The average molecular weight is 438 g/mol. The van der Waals surface area contributed by atoms with E-state index in [-0.39, 0.29) is 5.91 Å². The van der Waals surface area contributed by atoms with E-state index < -0.39 is 0 Å². The summed E-state index contributed by atoms with van der Waals surface area (Å²) in [6.07, 6.45) is 3.48. The predicted octanol–water partition coefficient (Wildman–Crippen LogP) is 5.79. The normalized spacial score (nSPS) is 10.7. The molecule has 5 nitrogen and oxygen atoms in total. The van der Waals surface area contributed by atoms with Gasteiger partial charge in [0.05, 0.1) is 28.3 Å². The first-order valence-electron chi connectivity index (χ1n) is 9.41. The molecule has 0 fully saturated rings. The average Bonchev–Trinajstić information content (AvgIpc) is 3.39. The van der Waals surface area contributed by atoms with Gasteiger partial charge >= 0.3 is 0 Å². The molecule has 2 aromatic heterocycles. The number of carbonyl (C=O) groups excluding carboxylic acids is 1. The molecule has 1 N–H and O–H groups in total. The number of nitrogens with one attached hydrogen (secondary N) is 1. The van der Waals surface area contributed by atoms with Gasteiger partial charge in [-0.05, 0) is 36.1 Å². The number of rotatable bonds is 7. The molecule has 0 aliphatic rings. The maximum atomic E-state index is 12.6. The van der Waals surface area contributed by atoms with Crippen LogP contribution in [0.2, 0.25) is 5.02 Å². The van der Waals surface area contributed by atoms with Crippen LogP contribution in [0.4, 0.5) is 5.69 Å². The Labute approximate surface area is 183 Å². The van der Waals surface area contributed by atoms with Gasteiger partial charge in [-0.2, -0.15) is 5.10 Å². The molecule has 2 heterocycles. The van der Waals surface area contributed by atoms with Gasteiger partial charge in [-0.3, -0.25) is 9.48 Å². The number of anilines is 1. The molecule has 4 aromatic rings. The van der Waals surface area contributed by atoms with E-state index in [0.717, 1.165) is 11.1 Å². The van der Waals surface area contributed by atoms with Crippen molar-refractivity contribution in [3.05, 3.63) is 99.0 Å². The summed E-state index contributed by atoms with van der Waals surface area (Å²) < 4.78 is 7.53. The van der Waals surface area contributed by atoms with Crippen LogP contribution >= 0.6 is 22.9 Å². The Bertz CT molecular complexity index is 1150. The fourth-order valence-electron chi connectivity index (χ4n) is 2.88. The highest BCUT2D eigenvalue weighted by Gasteiger charge is 2.12. The van der Waals surface area contributed by atoms with Crippen molar-refractivity contribution in [2.75, 3.05) is 5.32 Å². The van der Waals surface area contributed by atoms with Crippen molar-refractivity contribution in [1.29, 1.82) is 0 Å². The Morgan fingerprint density at radius 2 is 1.97 bits per heavy atom. The van der Waals surface area contributed by atoms with Crippen LogP contribution in [-0.2, 0) is 13.2 Å². The first-order chi connectivity index (χ1) is 14.6. The zero-order valence-corrected chi connectivity index (χ0v) is 17.9. The van der Waals surface area contributed by atoms with Crippen LogP contribution < -0.4 is 10.1 Å². The van der Waals surface area contributed by atoms with Crippen LogP contribution in [0.1, 0.15) is 26.4 Å². The number of benzene rings is 2. The first kappa shape index (κ1) is 20.2. The van der Waals surface area contributed by atoms with Crippen molar-refractivity contribution in [3.8, 4) is 5.75 Å². The Morgan fingerprint density at radius 3 is 2.77 bits per heavy atom. The van der Waals surface area contributed by atoms with Crippen LogP contribution in [0, 0.1) is 6.92 Å². The second kappa shape index (κ2) is 9.15. The van der Waals surface area contributed by atoms with Crippen molar-refractivity contribution in [2.24, 2.45) is 0 Å². The molecule has 4 rings (SSSR count). The van der Waals surface area contributed by atoms with Crippen LogP contribution in [0.3, 0.4) is 0 Å². The summed E-state index contributed by atoms with van der Waals surface area (Å²) in [4.78, 5) is 13.2. The standard InChI is InChI=1S/C23H20ClN3O2S/c1-16-6-8-17(9-7-16)12-27-13-19(11-25-27)26-23(28)22-10-18(15-30-22)14-29-21-5-3-2-4-20(21)24/h2-11,13,15H,12,14H2,1H3,(H,26,28). The second-order valence-electron chi connectivity index (χ2n) is 6.90. The van der Waals surface area contributed by atoms with Crippen molar-refractivity contribution >= 4 is 34.5 Å². The molecule has 0 aliphatic heterocycles. The highest BCUT2D eigenvalue weighted by atomic mass is 35.5. The number of nitrogens with zero attached hydrogens (tertiary/aromatic N) is 2. The number of ether oxygens (including phenoxy) is 1. The molecule has 0 unspecified atom stereocenters. The van der Waals surface area contributed by atoms with Gasteiger partial charge in [0.15, 0.2) is 0 Å². The summed E-state index contributed by atoms with van der Waals surface area (Å²) in [5.74, 6) is 0.455. The topological polar surface area (TPSA) is 56.2 Å². The molecule has 0 atom stereocenters. The first-order valence-corrected chi connectivity index (χ1v) is 10.7. The Morgan fingerprint density at radius 1 is 1.17 bits per heavy atom. The number of amides is 1. The second-order valence-corrected chi connectivity index (χ2v) is 8.22. The molecule has 0 radical (unpaired) electrons. The maximum absolute atomic E-state index is 12.6. The minimum absolute atomic E-state index is 0.168. The van der Waals surface area contributed by atoms with Crippen LogP contribution in [0.25, 0.3) is 0 Å². The molecule has 152 valence electrons. The van der Waals surface area contributed by atoms with Crippen molar-refractivity contribution in [3.63, 3.8) is 0 Å². The number of para-hydroxylation sites is 1. The monoisotopic (exact) mass is 437 g/mol. The number of aryl methyl sites for hydroxylation is 1. The predicted molar refractivity (Wildman–Crippen MR) is 121 cm³/mol. The molecule has 2 aromatic carbocycles. The summed E-state index contributed by atoms with van der Waals surface area (Å²) in [5, 5.41) is 9.70. The van der Waals surface area contributed by atoms with Crippen molar-refractivity contribution < 1.29 is 9.53 Å². The third-order valence-electron chi connectivity index (χ3n) is 4.46. The van der Waals surface area contributed by atoms with Gasteiger partial charge in [0.25, 0.3) is 5.91 Å². The van der Waals surface area contributed by atoms with Gasteiger partial charge in [0.2, 0.25) is 0 Å². The molecule has 0 spiro atoms. The van der Waals surface area contributed by atoms with Gasteiger partial charge in [-0.15, -0.1) is 11.3 Å². The van der Waals surface area contributed by atoms with E-state index in [1.54, 1.807) is 16.9 Å². The summed E-state index contributed by atoms with van der Waals surface area (Å²) in [5.41, 5.74) is 3.96. The zero-order chi connectivity index (χ0) is 20.9. The number of hydrogen-bond acceptors (Lipinski definition) is 4. The number of hydrogen-bond donors (Lipinski definition) is 1. The van der Waals surface area contributed by atoms with E-state index in [1.807, 2.05) is 35.8 Å². The number of halogens is 1. The number of carbonyl (C=O) groups is 1. The molecule has 0 saturated carbocycles. The Kier molecular flexibility index (Phi) is 6.16. The third-order valence-corrected chi connectivity index (χ3v) is 5.75. The van der Waals surface area contributed by atoms with Gasteiger partial charge < -0.3 is 10.1 Å². The fraction of sp³-hybridized carbons (Fsp3) is 0.130. The van der Waals surface area contributed by atoms with Crippen LogP contribution in [-0.4, -0.2) is 15.7 Å². The van der Waals surface area contributed by atoms with Gasteiger partial charge in [-0.25, -0.2) is 0 Å². The van der Waals surface area contributed by atoms with Crippen LogP contribution in [0.15, 0.2) is 72.4 Å². The van der Waals surface area contributed by atoms with Gasteiger partial charge in [0, 0.05) is 11.8 Å². The lowest BCUT2D eigenvalue weighted by Crippen LogP contribution is -2.09. The quantitative estimate of drug-likeness (QED) is 0.398. The zero-order valence-electron chi connectivity index (χ0n) is 16.3. The molecule has 1 amide bonds. The van der Waals surface area contributed by atoms with E-state index in [1.165, 1.54) is 16.9 Å². The summed E-state index contributed by atoms with van der Waals surface area (Å²) in [6.45, 7) is 3.06. The molecule has 0 saturated heterocycles. The van der Waals surface area contributed by atoms with E-state index >= 15 is 0 Å². The van der Waals surface area contributed by atoms with Crippen molar-refractivity contribution in [1.82, 2.24) is 9.78 Å². The van der Waals surface area contributed by atoms with Crippen molar-refractivity contribution in [2.45, 2.75) is 20.1 Å². The summed E-state index contributed by atoms with van der Waals surface area (Å²) in [6, 6.07) is 17.4. The Balaban J connectivity index is 1.34. The van der Waals surface area contributed by atoms with E-state index in [0.29, 0.717) is 34.5 Å². The van der Waals surface area contributed by atoms with Gasteiger partial charge in [0.1, 0.15) is 12.4 Å². The summed E-state index contributed by atoms with van der Waals surface area (Å²) >= 11 is 7.48. The molecular formula is C23H20ClN3O2S. The summed E-state index contributed by atoms with van der Waals surface area (Å²) in [7, 11) is 0. The van der Waals surface area contributed by atoms with Crippen LogP contribution in [0.5, 0.6) is 5.75 Å². The molecular weight excluding hydrogens is 418 g/mol. The molecule has 0 bridgehead atoms. The molecule has 7 heteroatoms. The molecule has 0 aliphatic carbocycles. The van der Waals surface area contributed by atoms with E-state index in [2.05, 4.69) is 41.6 Å². The van der Waals surface area contributed by atoms with E-state index in [9.17, 15) is 4.79 Å². The third kappa shape index (κ3) is 5.09. The lowest BCUT2D eigenvalue weighted by molar-refractivity contribution is 0.103. The highest BCUT2D eigenvalue weighted by molar-refractivity contribution is 7.12. The highest BCUT2D eigenvalue weighted by Crippen LogP contribution is 2.25. The largest absolute Gasteiger partial charge is 0.487 e. The fourth-order valence-corrected chi connectivity index (χ4v) is 3.86. The lowest BCUT2D eigenvalue weighted by atomic mass is 10.1. The van der Waals surface area contributed by atoms with Gasteiger partial charge in [-0.1, -0.05) is 53.6 Å². The number of aromatic nitrogens is 2. The SMILES string of the molecule is Cc1ccc(Cn2cc(NC(=O)c3cc(COc4ccccc4Cl)cs3)cn2)cc1. The minimum Gasteiger partial charge on any atom is -0.487 e. The smallest absolute Gasteiger partial charge is 0.265 e. The van der Waals surface area contributed by atoms with E-state index in [4.69, 9.17) is 16.3 Å².